The minimum absolute atomic E-state index is 0.180. The summed E-state index contributed by atoms with van der Waals surface area (Å²) in [6.45, 7) is 2.37. The summed E-state index contributed by atoms with van der Waals surface area (Å²) in [6.07, 6.45) is 0. The molecule has 1 N–H and O–H groups in total. The van der Waals surface area contributed by atoms with Crippen LogP contribution in [-0.4, -0.2) is 0 Å². The number of aryl methyl sites for hydroxylation is 1. The van der Waals surface area contributed by atoms with Crippen molar-refractivity contribution < 1.29 is 4.39 Å². The van der Waals surface area contributed by atoms with E-state index in [1.807, 2.05) is 24.3 Å². The van der Waals surface area contributed by atoms with E-state index in [9.17, 15) is 4.39 Å². The number of halogens is 3. The lowest BCUT2D eigenvalue weighted by molar-refractivity contribution is 0.617. The summed E-state index contributed by atoms with van der Waals surface area (Å²) in [7, 11) is 0. The summed E-state index contributed by atoms with van der Waals surface area (Å²) >= 11 is 9.46. The Morgan fingerprint density at radius 2 is 2.00 bits per heavy atom. The molecule has 0 heterocycles. The molecule has 0 spiro atoms. The van der Waals surface area contributed by atoms with Gasteiger partial charge in [0.2, 0.25) is 0 Å². The van der Waals surface area contributed by atoms with Crippen molar-refractivity contribution in [2.75, 3.05) is 5.32 Å². The molecule has 0 bridgehead atoms. The van der Waals surface area contributed by atoms with Crippen LogP contribution in [0.15, 0.2) is 40.9 Å². The van der Waals surface area contributed by atoms with Gasteiger partial charge in [0.25, 0.3) is 0 Å². The van der Waals surface area contributed by atoms with Crippen LogP contribution in [0.5, 0.6) is 0 Å². The van der Waals surface area contributed by atoms with Crippen molar-refractivity contribution in [2.45, 2.75) is 13.5 Å². The van der Waals surface area contributed by atoms with Crippen molar-refractivity contribution in [1.82, 2.24) is 0 Å². The Hall–Kier alpha value is -1.06. The van der Waals surface area contributed by atoms with E-state index in [4.69, 9.17) is 11.6 Å². The van der Waals surface area contributed by atoms with Crippen LogP contribution in [0.4, 0.5) is 10.1 Å². The van der Waals surface area contributed by atoms with Crippen LogP contribution in [0, 0.1) is 12.7 Å². The van der Waals surface area contributed by atoms with E-state index in [2.05, 4.69) is 21.2 Å². The summed E-state index contributed by atoms with van der Waals surface area (Å²) in [6, 6.07) is 10.7. The highest BCUT2D eigenvalue weighted by Gasteiger charge is 2.02. The molecule has 0 radical (unpaired) electrons. The predicted molar refractivity (Wildman–Crippen MR) is 77.6 cm³/mol. The zero-order valence-electron chi connectivity index (χ0n) is 9.81. The van der Waals surface area contributed by atoms with Gasteiger partial charge in [0.05, 0.1) is 10.7 Å². The highest BCUT2D eigenvalue weighted by Crippen LogP contribution is 2.26. The molecule has 0 aliphatic heterocycles. The third-order valence-corrected chi connectivity index (χ3v) is 3.44. The lowest BCUT2D eigenvalue weighted by Crippen LogP contribution is -2.00. The third-order valence-electron chi connectivity index (χ3n) is 2.64. The first-order valence-corrected chi connectivity index (χ1v) is 6.67. The molecule has 2 aromatic rings. The molecule has 2 aromatic carbocycles. The second-order valence-corrected chi connectivity index (χ2v) is 5.38. The van der Waals surface area contributed by atoms with E-state index in [-0.39, 0.29) is 5.82 Å². The van der Waals surface area contributed by atoms with Crippen LogP contribution in [-0.2, 0) is 6.54 Å². The Morgan fingerprint density at radius 1 is 1.22 bits per heavy atom. The maximum Gasteiger partial charge on any atom is 0.126 e. The Kier molecular flexibility index (Phi) is 4.25. The summed E-state index contributed by atoms with van der Waals surface area (Å²) in [4.78, 5) is 0. The second-order valence-electron chi connectivity index (χ2n) is 4.06. The molecular formula is C14H12BrClFN. The molecule has 18 heavy (non-hydrogen) atoms. The quantitative estimate of drug-likeness (QED) is 0.820. The van der Waals surface area contributed by atoms with Gasteiger partial charge in [-0.25, -0.2) is 4.39 Å². The number of rotatable bonds is 3. The summed E-state index contributed by atoms with van der Waals surface area (Å²) in [5.74, 6) is -0.180. The van der Waals surface area contributed by atoms with E-state index >= 15 is 0 Å². The van der Waals surface area contributed by atoms with E-state index < -0.39 is 0 Å². The van der Waals surface area contributed by atoms with Gasteiger partial charge in [-0.3, -0.25) is 0 Å². The van der Waals surface area contributed by atoms with Gasteiger partial charge in [0, 0.05) is 11.0 Å². The highest BCUT2D eigenvalue weighted by molar-refractivity contribution is 9.10. The topological polar surface area (TPSA) is 12.0 Å². The SMILES string of the molecule is Cc1cc(CNc2ccc(Br)cc2Cl)ccc1F. The Bertz CT molecular complexity index is 572. The summed E-state index contributed by atoms with van der Waals surface area (Å²) < 4.78 is 14.1. The Morgan fingerprint density at radius 3 is 2.67 bits per heavy atom. The van der Waals surface area contributed by atoms with Gasteiger partial charge in [-0.2, -0.15) is 0 Å². The van der Waals surface area contributed by atoms with Crippen molar-refractivity contribution >= 4 is 33.2 Å². The van der Waals surface area contributed by atoms with Gasteiger partial charge in [-0.1, -0.05) is 39.7 Å². The lowest BCUT2D eigenvalue weighted by atomic mass is 10.1. The van der Waals surface area contributed by atoms with Crippen LogP contribution in [0.1, 0.15) is 11.1 Å². The number of anilines is 1. The number of benzene rings is 2. The fourth-order valence-corrected chi connectivity index (χ4v) is 2.39. The smallest absolute Gasteiger partial charge is 0.126 e. The van der Waals surface area contributed by atoms with Gasteiger partial charge < -0.3 is 5.32 Å². The largest absolute Gasteiger partial charge is 0.380 e. The molecule has 4 heteroatoms. The van der Waals surface area contributed by atoms with Crippen LogP contribution in [0.3, 0.4) is 0 Å². The number of hydrogen-bond acceptors (Lipinski definition) is 1. The van der Waals surface area contributed by atoms with Gasteiger partial charge in [0.1, 0.15) is 5.82 Å². The normalized spacial score (nSPS) is 10.4. The molecule has 0 unspecified atom stereocenters. The van der Waals surface area contributed by atoms with Crippen molar-refractivity contribution in [1.29, 1.82) is 0 Å². The molecule has 0 amide bonds. The molecular weight excluding hydrogens is 317 g/mol. The molecule has 0 saturated heterocycles. The monoisotopic (exact) mass is 327 g/mol. The summed E-state index contributed by atoms with van der Waals surface area (Å²) in [5.41, 5.74) is 2.53. The zero-order valence-corrected chi connectivity index (χ0v) is 12.1. The Labute approximate surface area is 119 Å². The molecule has 2 rings (SSSR count). The fourth-order valence-electron chi connectivity index (χ4n) is 1.65. The van der Waals surface area contributed by atoms with Crippen molar-refractivity contribution in [3.63, 3.8) is 0 Å². The predicted octanol–water partition coefficient (Wildman–Crippen LogP) is 5.16. The van der Waals surface area contributed by atoms with Gasteiger partial charge in [0.15, 0.2) is 0 Å². The first-order valence-electron chi connectivity index (χ1n) is 5.50. The fraction of sp³-hybridized carbons (Fsp3) is 0.143. The van der Waals surface area contributed by atoms with Crippen LogP contribution in [0.2, 0.25) is 5.02 Å². The first kappa shape index (κ1) is 13.4. The van der Waals surface area contributed by atoms with E-state index in [0.717, 1.165) is 15.7 Å². The van der Waals surface area contributed by atoms with Crippen molar-refractivity contribution in [2.24, 2.45) is 0 Å². The minimum Gasteiger partial charge on any atom is -0.380 e. The first-order chi connectivity index (χ1) is 8.56. The average Bonchev–Trinajstić information content (AvgIpc) is 2.32. The van der Waals surface area contributed by atoms with Crippen LogP contribution in [0.25, 0.3) is 0 Å². The van der Waals surface area contributed by atoms with Crippen LogP contribution >= 0.6 is 27.5 Å². The molecule has 0 saturated carbocycles. The molecule has 94 valence electrons. The van der Waals surface area contributed by atoms with Crippen molar-refractivity contribution in [3.8, 4) is 0 Å². The van der Waals surface area contributed by atoms with Gasteiger partial charge >= 0.3 is 0 Å². The van der Waals surface area contributed by atoms with E-state index in [1.165, 1.54) is 6.07 Å². The molecule has 0 aromatic heterocycles. The van der Waals surface area contributed by atoms with E-state index in [0.29, 0.717) is 17.1 Å². The second kappa shape index (κ2) is 5.72. The van der Waals surface area contributed by atoms with E-state index in [1.54, 1.807) is 13.0 Å². The molecule has 0 fully saturated rings. The average molecular weight is 329 g/mol. The maximum absolute atomic E-state index is 13.1. The minimum atomic E-state index is -0.180. The van der Waals surface area contributed by atoms with Gasteiger partial charge in [-0.15, -0.1) is 0 Å². The standard InChI is InChI=1S/C14H12BrClFN/c1-9-6-10(2-4-13(9)17)8-18-14-5-3-11(15)7-12(14)16/h2-7,18H,8H2,1H3. The Balaban J connectivity index is 2.09. The molecule has 1 nitrogen and oxygen atoms in total. The maximum atomic E-state index is 13.1. The third kappa shape index (κ3) is 3.24. The number of nitrogens with one attached hydrogen (secondary N) is 1. The lowest BCUT2D eigenvalue weighted by Gasteiger charge is -2.09. The van der Waals surface area contributed by atoms with Crippen LogP contribution < -0.4 is 5.32 Å². The zero-order chi connectivity index (χ0) is 13.1. The number of hydrogen-bond donors (Lipinski definition) is 1. The van der Waals surface area contributed by atoms with Gasteiger partial charge in [-0.05, 0) is 42.3 Å². The van der Waals surface area contributed by atoms with Crippen molar-refractivity contribution in [3.05, 3.63) is 62.8 Å². The molecule has 0 aliphatic carbocycles. The molecule has 0 aliphatic rings. The summed E-state index contributed by atoms with van der Waals surface area (Å²) in [5, 5.41) is 3.88. The molecule has 0 atom stereocenters. The highest BCUT2D eigenvalue weighted by atomic mass is 79.9.